The number of aryl methyl sites for hydroxylation is 1. The van der Waals surface area contributed by atoms with Crippen LogP contribution in [0, 0.1) is 6.92 Å². The van der Waals surface area contributed by atoms with E-state index in [9.17, 15) is 9.59 Å². The lowest BCUT2D eigenvalue weighted by molar-refractivity contribution is -0.120. The van der Waals surface area contributed by atoms with Gasteiger partial charge in [0.25, 0.3) is 5.91 Å². The lowest BCUT2D eigenvalue weighted by Crippen LogP contribution is -2.44. The van der Waals surface area contributed by atoms with Crippen molar-refractivity contribution in [3.8, 4) is 5.75 Å². The van der Waals surface area contributed by atoms with E-state index in [1.54, 1.807) is 36.3 Å². The topological polar surface area (TPSA) is 65.6 Å². The van der Waals surface area contributed by atoms with Crippen molar-refractivity contribution in [2.24, 2.45) is 0 Å². The van der Waals surface area contributed by atoms with E-state index in [0.717, 1.165) is 33.3 Å². The molecule has 0 radical (unpaired) electrons. The van der Waals surface area contributed by atoms with E-state index in [2.05, 4.69) is 17.1 Å². The molecule has 0 saturated carbocycles. The first-order valence-corrected chi connectivity index (χ1v) is 11.0. The van der Waals surface area contributed by atoms with Crippen LogP contribution >= 0.6 is 0 Å². The number of fused-ring (bicyclic) bond motifs is 4. The molecule has 3 heterocycles. The Balaban J connectivity index is 1.52. The minimum atomic E-state index is -0.558. The van der Waals surface area contributed by atoms with Crippen LogP contribution in [0.15, 0.2) is 72.8 Å². The van der Waals surface area contributed by atoms with Crippen molar-refractivity contribution in [3.63, 3.8) is 0 Å². The van der Waals surface area contributed by atoms with Gasteiger partial charge in [-0.1, -0.05) is 48.0 Å². The molecule has 2 aliphatic rings. The molecule has 0 aliphatic carbocycles. The van der Waals surface area contributed by atoms with Crippen LogP contribution in [-0.2, 0) is 11.2 Å². The summed E-state index contributed by atoms with van der Waals surface area (Å²) in [6.07, 6.45) is 0.485. The number of hydrogen-bond acceptors (Lipinski definition) is 3. The second kappa shape index (κ2) is 7.24. The normalized spacial score (nSPS) is 19.7. The quantitative estimate of drug-likeness (QED) is 0.461. The zero-order valence-electron chi connectivity index (χ0n) is 18.4. The van der Waals surface area contributed by atoms with Crippen molar-refractivity contribution in [2.45, 2.75) is 25.4 Å². The number of imide groups is 1. The SMILES string of the molecule is COc1ccc(N2C(=O)[C@@H]3Cc4c([nH]c5ccccc45)[C@H](c4cccc(C)c4)N3C2=O)cc1. The Labute approximate surface area is 191 Å². The first kappa shape index (κ1) is 19.6. The molecule has 3 amide bonds. The summed E-state index contributed by atoms with van der Waals surface area (Å²) in [4.78, 5) is 34.0. The van der Waals surface area contributed by atoms with E-state index in [4.69, 9.17) is 4.74 Å². The monoisotopic (exact) mass is 437 g/mol. The highest BCUT2D eigenvalue weighted by Gasteiger charge is 2.53. The third-order valence-corrected chi connectivity index (χ3v) is 6.74. The van der Waals surface area contributed by atoms with E-state index in [1.165, 1.54) is 4.90 Å². The largest absolute Gasteiger partial charge is 0.497 e. The Hall–Kier alpha value is -4.06. The molecule has 33 heavy (non-hydrogen) atoms. The van der Waals surface area contributed by atoms with Gasteiger partial charge in [0.2, 0.25) is 0 Å². The molecular formula is C27H23N3O3. The lowest BCUT2D eigenvalue weighted by atomic mass is 9.88. The van der Waals surface area contributed by atoms with Gasteiger partial charge in [-0.15, -0.1) is 0 Å². The molecule has 1 aromatic heterocycles. The van der Waals surface area contributed by atoms with Crippen LogP contribution in [0.1, 0.15) is 28.4 Å². The summed E-state index contributed by atoms with van der Waals surface area (Å²) in [5.74, 6) is 0.480. The van der Waals surface area contributed by atoms with Crippen molar-refractivity contribution in [1.82, 2.24) is 9.88 Å². The standard InChI is InChI=1S/C27H23N3O3/c1-16-6-5-7-17(14-16)25-24-21(20-8-3-4-9-22(20)28-24)15-23-26(31)29(27(32)30(23)25)18-10-12-19(33-2)13-11-18/h3-14,23,25,28H,15H2,1-2H3/t23-,25-/m0/s1. The maximum atomic E-state index is 13.8. The van der Waals surface area contributed by atoms with Gasteiger partial charge in [-0.25, -0.2) is 9.69 Å². The van der Waals surface area contributed by atoms with Crippen LogP contribution in [0.25, 0.3) is 10.9 Å². The maximum absolute atomic E-state index is 13.8. The fourth-order valence-corrected chi connectivity index (χ4v) is 5.23. The van der Waals surface area contributed by atoms with Gasteiger partial charge in [-0.3, -0.25) is 9.69 Å². The highest BCUT2D eigenvalue weighted by molar-refractivity contribution is 6.22. The molecule has 2 atom stereocenters. The second-order valence-corrected chi connectivity index (χ2v) is 8.66. The maximum Gasteiger partial charge on any atom is 0.332 e. The first-order chi connectivity index (χ1) is 16.1. The minimum Gasteiger partial charge on any atom is -0.497 e. The molecule has 6 nitrogen and oxygen atoms in total. The molecular weight excluding hydrogens is 414 g/mol. The Morgan fingerprint density at radius 1 is 0.970 bits per heavy atom. The van der Waals surface area contributed by atoms with Crippen LogP contribution in [0.3, 0.4) is 0 Å². The van der Waals surface area contributed by atoms with Crippen LogP contribution in [0.2, 0.25) is 0 Å². The number of para-hydroxylation sites is 1. The van der Waals surface area contributed by atoms with Crippen molar-refractivity contribution in [3.05, 3.63) is 95.2 Å². The van der Waals surface area contributed by atoms with Crippen molar-refractivity contribution in [2.75, 3.05) is 12.0 Å². The van der Waals surface area contributed by atoms with Gasteiger partial charge in [0, 0.05) is 23.0 Å². The number of benzene rings is 3. The molecule has 164 valence electrons. The lowest BCUT2D eigenvalue weighted by Gasteiger charge is -2.36. The summed E-state index contributed by atoms with van der Waals surface area (Å²) in [6, 6.07) is 22.1. The number of amides is 3. The Bertz CT molecular complexity index is 1410. The number of ether oxygens (including phenoxy) is 1. The van der Waals surface area contributed by atoms with Gasteiger partial charge < -0.3 is 9.72 Å². The molecule has 0 spiro atoms. The highest BCUT2D eigenvalue weighted by Crippen LogP contribution is 2.45. The summed E-state index contributed by atoms with van der Waals surface area (Å²) in [5.41, 5.74) is 5.76. The zero-order chi connectivity index (χ0) is 22.7. The third kappa shape index (κ3) is 2.87. The number of rotatable bonds is 3. The highest BCUT2D eigenvalue weighted by atomic mass is 16.5. The number of nitrogens with zero attached hydrogens (tertiary/aromatic N) is 2. The van der Waals surface area contributed by atoms with Gasteiger partial charge in [0.1, 0.15) is 17.8 Å². The molecule has 2 aliphatic heterocycles. The summed E-state index contributed by atoms with van der Waals surface area (Å²) in [5, 5.41) is 1.10. The zero-order valence-corrected chi connectivity index (χ0v) is 18.4. The molecule has 4 aromatic rings. The van der Waals surface area contributed by atoms with Crippen LogP contribution in [0.5, 0.6) is 5.75 Å². The fraction of sp³-hybridized carbons (Fsp3) is 0.185. The number of carbonyl (C=O) groups excluding carboxylic acids is 2. The number of aromatic nitrogens is 1. The molecule has 1 saturated heterocycles. The Morgan fingerprint density at radius 2 is 1.76 bits per heavy atom. The van der Waals surface area contributed by atoms with Crippen LogP contribution < -0.4 is 9.64 Å². The van der Waals surface area contributed by atoms with Crippen LogP contribution in [0.4, 0.5) is 10.5 Å². The second-order valence-electron chi connectivity index (χ2n) is 8.66. The Morgan fingerprint density at radius 3 is 2.52 bits per heavy atom. The molecule has 0 bridgehead atoms. The van der Waals surface area contributed by atoms with E-state index < -0.39 is 6.04 Å². The molecule has 3 aromatic carbocycles. The van der Waals surface area contributed by atoms with E-state index in [-0.39, 0.29) is 18.0 Å². The van der Waals surface area contributed by atoms with Crippen molar-refractivity contribution in [1.29, 1.82) is 0 Å². The molecule has 0 unspecified atom stereocenters. The van der Waals surface area contributed by atoms with Crippen LogP contribution in [-0.4, -0.2) is 35.0 Å². The summed E-state index contributed by atoms with van der Waals surface area (Å²) < 4.78 is 5.24. The number of carbonyl (C=O) groups is 2. The summed E-state index contributed by atoms with van der Waals surface area (Å²) in [6.45, 7) is 2.04. The molecule has 1 N–H and O–H groups in total. The van der Waals surface area contributed by atoms with E-state index >= 15 is 0 Å². The van der Waals surface area contributed by atoms with Gasteiger partial charge in [-0.2, -0.15) is 0 Å². The van der Waals surface area contributed by atoms with Gasteiger partial charge in [0.15, 0.2) is 0 Å². The smallest absolute Gasteiger partial charge is 0.332 e. The molecule has 1 fully saturated rings. The first-order valence-electron chi connectivity index (χ1n) is 11.0. The fourth-order valence-electron chi connectivity index (χ4n) is 5.23. The minimum absolute atomic E-state index is 0.196. The van der Waals surface area contributed by atoms with E-state index in [1.807, 2.05) is 43.3 Å². The number of methoxy groups -OCH3 is 1. The third-order valence-electron chi connectivity index (χ3n) is 6.74. The number of nitrogens with one attached hydrogen (secondary N) is 1. The average molecular weight is 437 g/mol. The summed E-state index contributed by atoms with van der Waals surface area (Å²) in [7, 11) is 1.59. The number of H-pyrrole nitrogens is 1. The van der Waals surface area contributed by atoms with Gasteiger partial charge in [-0.05, 0) is 48.4 Å². The summed E-state index contributed by atoms with van der Waals surface area (Å²) >= 11 is 0. The predicted molar refractivity (Wildman–Crippen MR) is 127 cm³/mol. The van der Waals surface area contributed by atoms with Gasteiger partial charge in [0.05, 0.1) is 12.8 Å². The molecule has 6 rings (SSSR count). The number of hydrogen-bond donors (Lipinski definition) is 1. The number of anilines is 1. The molecule has 6 heteroatoms. The van der Waals surface area contributed by atoms with Crippen molar-refractivity contribution >= 4 is 28.5 Å². The van der Waals surface area contributed by atoms with E-state index in [0.29, 0.717) is 17.9 Å². The number of aromatic amines is 1. The Kier molecular flexibility index (Phi) is 4.30. The number of urea groups is 1. The average Bonchev–Trinajstić information content (AvgIpc) is 3.32. The predicted octanol–water partition coefficient (Wildman–Crippen LogP) is 4.97. The van der Waals surface area contributed by atoms with Crippen molar-refractivity contribution < 1.29 is 14.3 Å². The van der Waals surface area contributed by atoms with Gasteiger partial charge >= 0.3 is 6.03 Å².